The molecule has 15 heteroatoms. The molecule has 0 heterocycles. The van der Waals surface area contributed by atoms with Gasteiger partial charge in [-0.2, -0.15) is 0 Å². The summed E-state index contributed by atoms with van der Waals surface area (Å²) in [6.07, 6.45) is 6.31. The summed E-state index contributed by atoms with van der Waals surface area (Å²) in [7, 11) is 13.3. The van der Waals surface area contributed by atoms with E-state index in [0.717, 1.165) is 0 Å². The first-order valence-electron chi connectivity index (χ1n) is 17.3. The summed E-state index contributed by atoms with van der Waals surface area (Å²) < 4.78 is 98.9. The van der Waals surface area contributed by atoms with Crippen molar-refractivity contribution in [2.24, 2.45) is 0 Å². The van der Waals surface area contributed by atoms with Crippen molar-refractivity contribution < 1.29 is 65.3 Å². The number of rotatable bonds is 20. The molecule has 0 radical (unpaired) electrons. The van der Waals surface area contributed by atoms with Crippen molar-refractivity contribution in [3.05, 3.63) is 82.9 Å². The molecule has 0 spiro atoms. The van der Waals surface area contributed by atoms with Gasteiger partial charge in [0.2, 0.25) is 11.5 Å². The average Bonchev–Trinajstić information content (AvgIpc) is 3.24. The van der Waals surface area contributed by atoms with Crippen LogP contribution in [0.3, 0.4) is 0 Å². The van der Waals surface area contributed by atoms with Crippen molar-refractivity contribution in [2.45, 2.75) is 10.5 Å². The fraction of sp³-hybridized carbons (Fsp3) is 0.333. The molecule has 0 aliphatic rings. The van der Waals surface area contributed by atoms with E-state index >= 15 is 8.42 Å². The lowest BCUT2D eigenvalue weighted by molar-refractivity contribution is 0.323. The molecule has 308 valence electrons. The highest BCUT2D eigenvalue weighted by atomic mass is 32.2. The predicted molar refractivity (Wildman–Crippen MR) is 217 cm³/mol. The molecule has 4 rings (SSSR count). The molecular weight excluding hydrogens is 761 g/mol. The van der Waals surface area contributed by atoms with Gasteiger partial charge in [0.05, 0.1) is 96.4 Å². The third-order valence-corrected chi connectivity index (χ3v) is 11.4. The van der Waals surface area contributed by atoms with Crippen molar-refractivity contribution in [1.29, 1.82) is 0 Å². The summed E-state index contributed by atoms with van der Waals surface area (Å²) >= 11 is 0. The monoisotopic (exact) mass is 810 g/mol. The normalized spacial score (nSPS) is 12.4. The molecule has 0 aliphatic heterocycles. The third kappa shape index (κ3) is 9.15. The topological polar surface area (TPSA) is 145 Å². The van der Waals surface area contributed by atoms with Crippen molar-refractivity contribution in [3.63, 3.8) is 0 Å². The molecule has 57 heavy (non-hydrogen) atoms. The van der Waals surface area contributed by atoms with Crippen LogP contribution < -0.4 is 56.8 Å². The van der Waals surface area contributed by atoms with E-state index < -0.39 is 20.3 Å². The van der Waals surface area contributed by atoms with Crippen LogP contribution in [0.2, 0.25) is 0 Å². The lowest BCUT2D eigenvalue weighted by Crippen LogP contribution is -2.19. The minimum absolute atomic E-state index is 0.243. The third-order valence-electron chi connectivity index (χ3n) is 9.12. The van der Waals surface area contributed by atoms with Gasteiger partial charge in [0.1, 0.15) is 45.0 Å². The second-order valence-corrected chi connectivity index (χ2v) is 14.2. The minimum atomic E-state index is -4.44. The Balaban J connectivity index is 2.14. The van der Waals surface area contributed by atoms with Gasteiger partial charge < -0.3 is 56.8 Å². The van der Waals surface area contributed by atoms with Crippen LogP contribution in [0.4, 0.5) is 0 Å². The maximum atomic E-state index is 15.7. The van der Waals surface area contributed by atoms with E-state index in [0.29, 0.717) is 45.6 Å². The quantitative estimate of drug-likeness (QED) is 0.0873. The summed E-state index contributed by atoms with van der Waals surface area (Å²) in [6.45, 7) is 0. The summed E-state index contributed by atoms with van der Waals surface area (Å²) in [6, 6.07) is 13.0. The van der Waals surface area contributed by atoms with Crippen LogP contribution in [-0.2, 0) is 9.84 Å². The maximum Gasteiger partial charge on any atom is 0.203 e. The molecule has 14 nitrogen and oxygen atoms in total. The van der Waals surface area contributed by atoms with Gasteiger partial charge in [-0.15, -0.1) is 0 Å². The zero-order valence-electron chi connectivity index (χ0n) is 34.2. The van der Waals surface area contributed by atoms with Gasteiger partial charge in [0.25, 0.3) is 0 Å². The van der Waals surface area contributed by atoms with Gasteiger partial charge in [0.15, 0.2) is 32.8 Å². The maximum absolute atomic E-state index is 15.7. The first-order chi connectivity index (χ1) is 27.5. The number of benzene rings is 4. The largest absolute Gasteiger partial charge is 0.496 e. The number of sulfone groups is 1. The second kappa shape index (κ2) is 19.7. The number of hydrogen-bond donors (Lipinski definition) is 0. The average molecular weight is 811 g/mol. The molecule has 4 aromatic rings. The Hall–Kier alpha value is -6.09. The van der Waals surface area contributed by atoms with Crippen molar-refractivity contribution in [2.75, 3.05) is 85.3 Å². The second-order valence-electron chi connectivity index (χ2n) is 12.0. The Morgan fingerprint density at radius 1 is 0.368 bits per heavy atom. The smallest absolute Gasteiger partial charge is 0.203 e. The van der Waals surface area contributed by atoms with E-state index in [4.69, 9.17) is 56.8 Å². The first kappa shape index (κ1) is 43.6. The van der Waals surface area contributed by atoms with E-state index in [1.54, 1.807) is 60.7 Å². The van der Waals surface area contributed by atoms with Gasteiger partial charge in [-0.3, -0.25) is 0 Å². The molecule has 0 bridgehead atoms. The number of methoxy groups -OCH3 is 12. The van der Waals surface area contributed by atoms with Crippen LogP contribution in [0.25, 0.3) is 12.2 Å². The van der Waals surface area contributed by atoms with Crippen LogP contribution in [-0.4, -0.2) is 93.7 Å². The molecular formula is C42H50O14S. The lowest BCUT2D eigenvalue weighted by atomic mass is 10.1. The number of ether oxygens (including phenoxy) is 12. The van der Waals surface area contributed by atoms with Gasteiger partial charge in [0, 0.05) is 24.3 Å². The highest BCUT2D eigenvalue weighted by Crippen LogP contribution is 2.48. The Morgan fingerprint density at radius 2 is 0.632 bits per heavy atom. The Morgan fingerprint density at radius 3 is 0.842 bits per heavy atom. The number of hydrogen-bond acceptors (Lipinski definition) is 14. The highest BCUT2D eigenvalue weighted by molar-refractivity contribution is 7.92. The van der Waals surface area contributed by atoms with E-state index in [1.165, 1.54) is 97.5 Å². The molecule has 0 amide bonds. The molecule has 0 N–H and O–H groups in total. The van der Waals surface area contributed by atoms with E-state index in [9.17, 15) is 0 Å². The zero-order chi connectivity index (χ0) is 41.9. The fourth-order valence-corrected chi connectivity index (χ4v) is 8.21. The SMILES string of the molecule is COc1cc(OC)c(/C=C/C(c2cc(OC)c(OC)c(OC)c2)S(=O)(=O)C(/C=C/c2c(OC)cc(OC)cc2OC)c2cc(OC)c(OC)c(OC)c2)c(OC)c1. The van der Waals surface area contributed by atoms with Crippen LogP contribution in [0.15, 0.2) is 60.7 Å². The van der Waals surface area contributed by atoms with Gasteiger partial charge in [-0.05, 0) is 47.5 Å². The Labute approximate surface area is 334 Å². The van der Waals surface area contributed by atoms with Crippen molar-refractivity contribution in [1.82, 2.24) is 0 Å². The van der Waals surface area contributed by atoms with Crippen LogP contribution in [0.5, 0.6) is 69.0 Å². The van der Waals surface area contributed by atoms with Crippen molar-refractivity contribution in [3.8, 4) is 69.0 Å². The summed E-state index contributed by atoms with van der Waals surface area (Å²) in [5.41, 5.74) is 1.50. The van der Waals surface area contributed by atoms with E-state index in [2.05, 4.69) is 0 Å². The van der Waals surface area contributed by atoms with Crippen LogP contribution in [0.1, 0.15) is 32.8 Å². The van der Waals surface area contributed by atoms with Gasteiger partial charge in [-0.1, -0.05) is 12.2 Å². The first-order valence-corrected chi connectivity index (χ1v) is 18.9. The minimum Gasteiger partial charge on any atom is -0.496 e. The predicted octanol–water partition coefficient (Wildman–Crippen LogP) is 7.41. The molecule has 0 saturated heterocycles. The lowest BCUT2D eigenvalue weighted by Gasteiger charge is -2.24. The van der Waals surface area contributed by atoms with Crippen LogP contribution in [0, 0.1) is 0 Å². The molecule has 0 fully saturated rings. The Kier molecular flexibility index (Phi) is 15.1. The standard InChI is InChI=1S/C42H50O14S/c1-45-27-21-31(47-3)29(32(22-27)48-4)13-15-39(25-17-35(51-7)41(55-11)36(18-25)52-8)57(43,44)40(26-19-37(53-9)42(56-12)38(20-26)54-10)16-14-30-33(49-5)23-28(46-2)24-34(30)50-6/h13-24,39-40H,1-12H3/b15-13+,16-14+. The molecule has 0 aromatic heterocycles. The summed E-state index contributed by atoms with van der Waals surface area (Å²) in [4.78, 5) is 0. The molecule has 4 aromatic carbocycles. The van der Waals surface area contributed by atoms with Gasteiger partial charge in [-0.25, -0.2) is 8.42 Å². The van der Waals surface area contributed by atoms with Gasteiger partial charge >= 0.3 is 0 Å². The fourth-order valence-electron chi connectivity index (χ4n) is 6.27. The molecule has 2 atom stereocenters. The molecule has 0 saturated carbocycles. The molecule has 0 aliphatic carbocycles. The summed E-state index contributed by atoms with van der Waals surface area (Å²) in [5.74, 6) is 4.00. The van der Waals surface area contributed by atoms with E-state index in [-0.39, 0.29) is 45.6 Å². The summed E-state index contributed by atoms with van der Waals surface area (Å²) in [5, 5.41) is -2.78. The molecule has 2 unspecified atom stereocenters. The Bertz CT molecular complexity index is 1930. The zero-order valence-corrected chi connectivity index (χ0v) is 35.0. The highest BCUT2D eigenvalue weighted by Gasteiger charge is 2.36. The van der Waals surface area contributed by atoms with E-state index in [1.807, 2.05) is 0 Å². The van der Waals surface area contributed by atoms with Crippen molar-refractivity contribution >= 4 is 22.0 Å². The van der Waals surface area contributed by atoms with Crippen LogP contribution >= 0.6 is 0 Å².